The number of rotatable bonds is 3. The molecule has 1 aliphatic heterocycles. The monoisotopic (exact) mass is 247 g/mol. The van der Waals surface area contributed by atoms with Crippen molar-refractivity contribution in [2.24, 2.45) is 5.92 Å². The highest BCUT2D eigenvalue weighted by Gasteiger charge is 2.38. The topological polar surface area (TPSA) is 57.6 Å². The third-order valence-corrected chi connectivity index (χ3v) is 3.38. The van der Waals surface area contributed by atoms with Crippen molar-refractivity contribution in [2.75, 3.05) is 5.75 Å². The molecule has 84 valence electrons. The molecule has 0 bridgehead atoms. The standard InChI is InChI=1S/C9H13NO3S2/c1-5(4-14)8(11)10-6(9(12)13)2-3-7(10)15/h5-6,14H,2-4H2,1H3,(H,12,13)/t5?,6-/m0/s1. The van der Waals surface area contributed by atoms with E-state index in [9.17, 15) is 9.59 Å². The Kier molecular flexibility index (Phi) is 4.10. The van der Waals surface area contributed by atoms with Crippen molar-refractivity contribution in [3.8, 4) is 0 Å². The summed E-state index contributed by atoms with van der Waals surface area (Å²) < 4.78 is 0. The average Bonchev–Trinajstić information content (AvgIpc) is 2.58. The molecule has 0 aromatic heterocycles. The second-order valence-corrected chi connectivity index (χ2v) is 4.41. The van der Waals surface area contributed by atoms with E-state index in [1.807, 2.05) is 0 Å². The molecule has 1 amide bonds. The summed E-state index contributed by atoms with van der Waals surface area (Å²) in [4.78, 5) is 24.4. The third kappa shape index (κ3) is 2.49. The Labute approximate surface area is 99.0 Å². The highest BCUT2D eigenvalue weighted by Crippen LogP contribution is 2.22. The summed E-state index contributed by atoms with van der Waals surface area (Å²) in [5.74, 6) is -1.13. The van der Waals surface area contributed by atoms with Crippen LogP contribution < -0.4 is 0 Å². The van der Waals surface area contributed by atoms with Gasteiger partial charge in [-0.05, 0) is 6.42 Å². The number of carboxylic acid groups (broad SMARTS) is 1. The van der Waals surface area contributed by atoms with E-state index in [1.54, 1.807) is 6.92 Å². The van der Waals surface area contributed by atoms with Gasteiger partial charge >= 0.3 is 5.97 Å². The van der Waals surface area contributed by atoms with E-state index in [0.717, 1.165) is 0 Å². The number of hydrogen-bond acceptors (Lipinski definition) is 4. The van der Waals surface area contributed by atoms with Crippen LogP contribution in [0.15, 0.2) is 0 Å². The lowest BCUT2D eigenvalue weighted by molar-refractivity contribution is -0.146. The van der Waals surface area contributed by atoms with Gasteiger partial charge in [0.15, 0.2) is 0 Å². The lowest BCUT2D eigenvalue weighted by atomic mass is 10.1. The first-order chi connectivity index (χ1) is 6.99. The van der Waals surface area contributed by atoms with Gasteiger partial charge in [-0.3, -0.25) is 9.69 Å². The second kappa shape index (κ2) is 4.94. The molecule has 0 saturated carbocycles. The number of aliphatic carboxylic acids is 1. The summed E-state index contributed by atoms with van der Waals surface area (Å²) in [5.41, 5.74) is 0. The first-order valence-corrected chi connectivity index (χ1v) is 5.72. The van der Waals surface area contributed by atoms with Crippen molar-refractivity contribution in [2.45, 2.75) is 25.8 Å². The van der Waals surface area contributed by atoms with Crippen LogP contribution in [0.1, 0.15) is 19.8 Å². The number of carbonyl (C=O) groups is 2. The molecule has 0 aromatic carbocycles. The number of carbonyl (C=O) groups excluding carboxylic acids is 1. The summed E-state index contributed by atoms with van der Waals surface area (Å²) >= 11 is 9.02. The van der Waals surface area contributed by atoms with Crippen LogP contribution in [0.2, 0.25) is 0 Å². The van der Waals surface area contributed by atoms with E-state index < -0.39 is 12.0 Å². The Hall–Kier alpha value is -0.620. The van der Waals surface area contributed by atoms with Crippen LogP contribution in [0, 0.1) is 5.92 Å². The van der Waals surface area contributed by atoms with E-state index in [4.69, 9.17) is 17.3 Å². The van der Waals surface area contributed by atoms with Gasteiger partial charge in [0.2, 0.25) is 5.91 Å². The molecule has 1 aliphatic rings. The molecule has 6 heteroatoms. The summed E-state index contributed by atoms with van der Waals surface area (Å²) in [6.07, 6.45) is 0.913. The zero-order valence-electron chi connectivity index (χ0n) is 8.34. The predicted molar refractivity (Wildman–Crippen MR) is 63.1 cm³/mol. The minimum atomic E-state index is -0.991. The zero-order valence-corrected chi connectivity index (χ0v) is 10.1. The van der Waals surface area contributed by atoms with Crippen LogP contribution in [-0.4, -0.2) is 38.7 Å². The Bertz CT molecular complexity index is 306. The fraction of sp³-hybridized carbons (Fsp3) is 0.667. The third-order valence-electron chi connectivity index (χ3n) is 2.43. The van der Waals surface area contributed by atoms with Crippen LogP contribution >= 0.6 is 24.8 Å². The Morgan fingerprint density at radius 3 is 2.80 bits per heavy atom. The molecule has 0 radical (unpaired) electrons. The molecule has 1 N–H and O–H groups in total. The van der Waals surface area contributed by atoms with E-state index in [0.29, 0.717) is 23.6 Å². The maximum absolute atomic E-state index is 11.8. The molecule has 15 heavy (non-hydrogen) atoms. The maximum atomic E-state index is 11.8. The van der Waals surface area contributed by atoms with E-state index in [2.05, 4.69) is 12.6 Å². The van der Waals surface area contributed by atoms with Gasteiger partial charge in [0, 0.05) is 18.1 Å². The summed E-state index contributed by atoms with van der Waals surface area (Å²) in [6, 6.07) is -0.785. The van der Waals surface area contributed by atoms with Crippen molar-refractivity contribution < 1.29 is 14.7 Å². The van der Waals surface area contributed by atoms with E-state index >= 15 is 0 Å². The molecule has 0 aliphatic carbocycles. The van der Waals surface area contributed by atoms with Crippen LogP contribution in [-0.2, 0) is 9.59 Å². The number of carboxylic acids is 1. The maximum Gasteiger partial charge on any atom is 0.326 e. The molecule has 0 aromatic rings. The van der Waals surface area contributed by atoms with Gasteiger partial charge < -0.3 is 5.11 Å². The van der Waals surface area contributed by atoms with Gasteiger partial charge in [0.25, 0.3) is 0 Å². The SMILES string of the molecule is CC(CS)C(=O)N1C(=S)CC[C@H]1C(=O)O. The van der Waals surface area contributed by atoms with E-state index in [1.165, 1.54) is 4.90 Å². The van der Waals surface area contributed by atoms with Gasteiger partial charge in [-0.2, -0.15) is 12.6 Å². The first kappa shape index (κ1) is 12.4. The summed E-state index contributed by atoms with van der Waals surface area (Å²) in [6.45, 7) is 1.72. The van der Waals surface area contributed by atoms with Crippen LogP contribution in [0.4, 0.5) is 0 Å². The molecule has 1 unspecified atom stereocenters. The smallest absolute Gasteiger partial charge is 0.326 e. The average molecular weight is 247 g/mol. The minimum Gasteiger partial charge on any atom is -0.480 e. The molecule has 1 heterocycles. The molecule has 1 saturated heterocycles. The van der Waals surface area contributed by atoms with Crippen molar-refractivity contribution >= 4 is 41.7 Å². The lowest BCUT2D eigenvalue weighted by Crippen LogP contribution is -2.45. The fourth-order valence-electron chi connectivity index (χ4n) is 1.51. The number of hydrogen-bond donors (Lipinski definition) is 2. The summed E-state index contributed by atoms with van der Waals surface area (Å²) in [5, 5.41) is 8.93. The summed E-state index contributed by atoms with van der Waals surface area (Å²) in [7, 11) is 0. The Balaban J connectivity index is 2.85. The molecule has 4 nitrogen and oxygen atoms in total. The first-order valence-electron chi connectivity index (χ1n) is 4.68. The van der Waals surface area contributed by atoms with Gasteiger partial charge in [-0.1, -0.05) is 19.1 Å². The number of thiocarbonyl (C=S) groups is 1. The normalized spacial score (nSPS) is 22.9. The van der Waals surface area contributed by atoms with Crippen molar-refractivity contribution in [3.05, 3.63) is 0 Å². The zero-order chi connectivity index (χ0) is 11.6. The fourth-order valence-corrected chi connectivity index (χ4v) is 2.00. The predicted octanol–water partition coefficient (Wildman–Crippen LogP) is 0.955. The highest BCUT2D eigenvalue weighted by molar-refractivity contribution is 7.80. The molecule has 0 spiro atoms. The van der Waals surface area contributed by atoms with Crippen molar-refractivity contribution in [1.82, 2.24) is 4.90 Å². The molecular weight excluding hydrogens is 234 g/mol. The number of amides is 1. The van der Waals surface area contributed by atoms with Gasteiger partial charge in [-0.25, -0.2) is 4.79 Å². The second-order valence-electron chi connectivity index (χ2n) is 3.58. The molecule has 2 atom stereocenters. The largest absolute Gasteiger partial charge is 0.480 e. The van der Waals surface area contributed by atoms with Crippen molar-refractivity contribution in [3.63, 3.8) is 0 Å². The lowest BCUT2D eigenvalue weighted by Gasteiger charge is -2.24. The van der Waals surface area contributed by atoms with Crippen molar-refractivity contribution in [1.29, 1.82) is 0 Å². The molecule has 1 rings (SSSR count). The van der Waals surface area contributed by atoms with Crippen LogP contribution in [0.25, 0.3) is 0 Å². The van der Waals surface area contributed by atoms with Crippen LogP contribution in [0.5, 0.6) is 0 Å². The molecule has 1 fully saturated rings. The van der Waals surface area contributed by atoms with Gasteiger partial charge in [0.05, 0.1) is 4.99 Å². The molecular formula is C9H13NO3S2. The van der Waals surface area contributed by atoms with Gasteiger partial charge in [0.1, 0.15) is 6.04 Å². The quantitative estimate of drug-likeness (QED) is 0.576. The number of nitrogens with zero attached hydrogens (tertiary/aromatic N) is 1. The Morgan fingerprint density at radius 2 is 2.33 bits per heavy atom. The van der Waals surface area contributed by atoms with Gasteiger partial charge in [-0.15, -0.1) is 0 Å². The van der Waals surface area contributed by atoms with E-state index in [-0.39, 0.29) is 11.8 Å². The number of likely N-dealkylation sites (tertiary alicyclic amines) is 1. The Morgan fingerprint density at radius 1 is 1.73 bits per heavy atom. The minimum absolute atomic E-state index is 0.236. The van der Waals surface area contributed by atoms with Crippen LogP contribution in [0.3, 0.4) is 0 Å². The highest BCUT2D eigenvalue weighted by atomic mass is 32.1. The number of thiol groups is 1.